The Balaban J connectivity index is 2.91. The smallest absolute Gasteiger partial charge is 0.0663 e. The first kappa shape index (κ1) is 11.0. The van der Waals surface area contributed by atoms with Gasteiger partial charge in [-0.05, 0) is 11.1 Å². The summed E-state index contributed by atoms with van der Waals surface area (Å²) in [6.45, 7) is 3.68. The molecule has 1 nitrogen and oxygen atoms in total. The minimum atomic E-state index is 0.432. The molecule has 0 saturated heterocycles. The molecule has 0 N–H and O–H groups in total. The lowest BCUT2D eigenvalue weighted by atomic mass is 10.0. The molecule has 0 aliphatic carbocycles. The van der Waals surface area contributed by atoms with E-state index in [1.54, 1.807) is 6.08 Å². The topological polar surface area (TPSA) is 23.8 Å². The molecule has 0 radical (unpaired) electrons. The summed E-state index contributed by atoms with van der Waals surface area (Å²) in [6, 6.07) is 12.1. The van der Waals surface area contributed by atoms with Crippen molar-refractivity contribution in [2.24, 2.45) is 0 Å². The standard InChI is InChI=1S/C14H13N/c1-2-8-13(11-6-7-12-15)14-9-4-3-5-10-14/h2-6,8-11H,1,7H2/b11-6-,13-8+. The van der Waals surface area contributed by atoms with E-state index < -0.39 is 0 Å². The Morgan fingerprint density at radius 1 is 1.33 bits per heavy atom. The Hall–Kier alpha value is -2.07. The molecule has 0 aromatic heterocycles. The second-order valence-corrected chi connectivity index (χ2v) is 2.99. The van der Waals surface area contributed by atoms with Crippen molar-refractivity contribution in [3.8, 4) is 6.07 Å². The first-order chi connectivity index (χ1) is 7.38. The largest absolute Gasteiger partial charge is 0.198 e. The van der Waals surface area contributed by atoms with Gasteiger partial charge >= 0.3 is 0 Å². The summed E-state index contributed by atoms with van der Waals surface area (Å²) in [4.78, 5) is 0. The summed E-state index contributed by atoms with van der Waals surface area (Å²) in [5.74, 6) is 0. The predicted octanol–water partition coefficient (Wildman–Crippen LogP) is 3.73. The maximum absolute atomic E-state index is 8.44. The van der Waals surface area contributed by atoms with Crippen LogP contribution in [0.2, 0.25) is 0 Å². The first-order valence-electron chi connectivity index (χ1n) is 4.80. The maximum Gasteiger partial charge on any atom is 0.0663 e. The van der Waals surface area contributed by atoms with Crippen molar-refractivity contribution in [3.05, 3.63) is 66.8 Å². The molecule has 0 bridgehead atoms. The normalized spacial score (nSPS) is 11.3. The third kappa shape index (κ3) is 3.66. The summed E-state index contributed by atoms with van der Waals surface area (Å²) < 4.78 is 0. The van der Waals surface area contributed by atoms with Gasteiger partial charge in [0.1, 0.15) is 0 Å². The minimum absolute atomic E-state index is 0.432. The van der Waals surface area contributed by atoms with Gasteiger partial charge in [-0.3, -0.25) is 0 Å². The molecule has 0 aliphatic rings. The van der Waals surface area contributed by atoms with Crippen LogP contribution < -0.4 is 0 Å². The van der Waals surface area contributed by atoms with Gasteiger partial charge in [-0.1, -0.05) is 61.2 Å². The van der Waals surface area contributed by atoms with E-state index in [1.807, 2.05) is 48.6 Å². The lowest BCUT2D eigenvalue weighted by Gasteiger charge is -2.00. The number of hydrogen-bond acceptors (Lipinski definition) is 1. The molecule has 15 heavy (non-hydrogen) atoms. The van der Waals surface area contributed by atoms with Crippen molar-refractivity contribution in [2.45, 2.75) is 6.42 Å². The third-order valence-electron chi connectivity index (χ3n) is 1.91. The van der Waals surface area contributed by atoms with Crippen LogP contribution in [0.5, 0.6) is 0 Å². The predicted molar refractivity (Wildman–Crippen MR) is 64.0 cm³/mol. The minimum Gasteiger partial charge on any atom is -0.198 e. The van der Waals surface area contributed by atoms with Gasteiger partial charge < -0.3 is 0 Å². The number of allylic oxidation sites excluding steroid dienone is 5. The highest BCUT2D eigenvalue weighted by atomic mass is 14.2. The number of nitriles is 1. The molecule has 0 saturated carbocycles. The summed E-state index contributed by atoms with van der Waals surface area (Å²) in [7, 11) is 0. The zero-order chi connectivity index (χ0) is 10.9. The van der Waals surface area contributed by atoms with Gasteiger partial charge in [-0.2, -0.15) is 5.26 Å². The summed E-state index contributed by atoms with van der Waals surface area (Å²) in [5, 5.41) is 8.44. The molecule has 0 heterocycles. The summed E-state index contributed by atoms with van der Waals surface area (Å²) in [6.07, 6.45) is 7.91. The molecule has 0 aliphatic heterocycles. The highest BCUT2D eigenvalue weighted by molar-refractivity contribution is 5.75. The molecular formula is C14H13N. The van der Waals surface area contributed by atoms with E-state index in [2.05, 4.69) is 12.6 Å². The Bertz CT molecular complexity index is 405. The highest BCUT2D eigenvalue weighted by Gasteiger charge is 1.94. The van der Waals surface area contributed by atoms with Crippen molar-refractivity contribution in [2.75, 3.05) is 0 Å². The Morgan fingerprint density at radius 2 is 2.07 bits per heavy atom. The molecular weight excluding hydrogens is 182 g/mol. The first-order valence-corrected chi connectivity index (χ1v) is 4.80. The van der Waals surface area contributed by atoms with Crippen LogP contribution >= 0.6 is 0 Å². The average Bonchev–Trinajstić information content (AvgIpc) is 2.29. The van der Waals surface area contributed by atoms with Gasteiger partial charge in [0, 0.05) is 0 Å². The van der Waals surface area contributed by atoms with Gasteiger partial charge in [0.25, 0.3) is 0 Å². The lowest BCUT2D eigenvalue weighted by Crippen LogP contribution is -1.79. The van der Waals surface area contributed by atoms with Crippen LogP contribution in [-0.4, -0.2) is 0 Å². The maximum atomic E-state index is 8.44. The Morgan fingerprint density at radius 3 is 2.67 bits per heavy atom. The van der Waals surface area contributed by atoms with Crippen LogP contribution in [-0.2, 0) is 0 Å². The van der Waals surface area contributed by atoms with Crippen LogP contribution in [0.1, 0.15) is 12.0 Å². The second-order valence-electron chi connectivity index (χ2n) is 2.99. The highest BCUT2D eigenvalue weighted by Crippen LogP contribution is 2.15. The monoisotopic (exact) mass is 195 g/mol. The Labute approximate surface area is 90.7 Å². The number of benzene rings is 1. The van der Waals surface area contributed by atoms with Gasteiger partial charge in [0.05, 0.1) is 12.5 Å². The van der Waals surface area contributed by atoms with E-state index in [4.69, 9.17) is 5.26 Å². The molecule has 1 heteroatoms. The van der Waals surface area contributed by atoms with Crippen molar-refractivity contribution in [3.63, 3.8) is 0 Å². The van der Waals surface area contributed by atoms with E-state index in [0.29, 0.717) is 6.42 Å². The van der Waals surface area contributed by atoms with E-state index in [9.17, 15) is 0 Å². The van der Waals surface area contributed by atoms with Gasteiger partial charge in [-0.15, -0.1) is 0 Å². The average molecular weight is 195 g/mol. The van der Waals surface area contributed by atoms with Crippen LogP contribution in [0.25, 0.3) is 5.57 Å². The molecule has 0 unspecified atom stereocenters. The molecule has 0 fully saturated rings. The van der Waals surface area contributed by atoms with Crippen LogP contribution in [0.4, 0.5) is 0 Å². The summed E-state index contributed by atoms with van der Waals surface area (Å²) in [5.41, 5.74) is 2.20. The van der Waals surface area contributed by atoms with Gasteiger partial charge in [0.15, 0.2) is 0 Å². The summed E-state index contributed by atoms with van der Waals surface area (Å²) >= 11 is 0. The van der Waals surface area contributed by atoms with E-state index >= 15 is 0 Å². The fourth-order valence-corrected chi connectivity index (χ4v) is 1.24. The molecule has 1 aromatic rings. The molecule has 0 spiro atoms. The van der Waals surface area contributed by atoms with Crippen molar-refractivity contribution >= 4 is 5.57 Å². The van der Waals surface area contributed by atoms with Gasteiger partial charge in [-0.25, -0.2) is 0 Å². The quantitative estimate of drug-likeness (QED) is 0.671. The fourth-order valence-electron chi connectivity index (χ4n) is 1.24. The molecule has 0 atom stereocenters. The number of rotatable bonds is 4. The third-order valence-corrected chi connectivity index (χ3v) is 1.91. The second kappa shape index (κ2) is 6.39. The van der Waals surface area contributed by atoms with Crippen molar-refractivity contribution in [1.82, 2.24) is 0 Å². The van der Waals surface area contributed by atoms with E-state index in [0.717, 1.165) is 11.1 Å². The molecule has 1 aromatic carbocycles. The Kier molecular flexibility index (Phi) is 4.69. The lowest BCUT2D eigenvalue weighted by molar-refractivity contribution is 1.35. The van der Waals surface area contributed by atoms with E-state index in [1.165, 1.54) is 0 Å². The zero-order valence-corrected chi connectivity index (χ0v) is 8.56. The SMILES string of the molecule is C=C/C=C(\C=C/CC#N)c1ccccc1. The van der Waals surface area contributed by atoms with Crippen molar-refractivity contribution in [1.29, 1.82) is 5.26 Å². The molecule has 74 valence electrons. The van der Waals surface area contributed by atoms with Gasteiger partial charge in [0.2, 0.25) is 0 Å². The van der Waals surface area contributed by atoms with E-state index in [-0.39, 0.29) is 0 Å². The molecule has 0 amide bonds. The van der Waals surface area contributed by atoms with Crippen LogP contribution in [0.3, 0.4) is 0 Å². The van der Waals surface area contributed by atoms with Crippen molar-refractivity contribution < 1.29 is 0 Å². The number of nitrogens with zero attached hydrogens (tertiary/aromatic N) is 1. The van der Waals surface area contributed by atoms with Crippen LogP contribution in [0.15, 0.2) is 61.2 Å². The van der Waals surface area contributed by atoms with Crippen LogP contribution in [0, 0.1) is 11.3 Å². The molecule has 1 rings (SSSR count). The number of hydrogen-bond donors (Lipinski definition) is 0. The fraction of sp³-hybridized carbons (Fsp3) is 0.0714. The zero-order valence-electron chi connectivity index (χ0n) is 8.56.